The molecule has 16 heavy (non-hydrogen) atoms. The van der Waals surface area contributed by atoms with Crippen LogP contribution in [0.4, 0.5) is 0 Å². The van der Waals surface area contributed by atoms with Gasteiger partial charge in [0.15, 0.2) is 0 Å². The SMILES string of the molecule is N#CCc1ccccc1C(O)C(O)CCS. The van der Waals surface area contributed by atoms with Crippen LogP contribution < -0.4 is 0 Å². The highest BCUT2D eigenvalue weighted by Crippen LogP contribution is 2.23. The highest BCUT2D eigenvalue weighted by atomic mass is 32.1. The number of hydrogen-bond donors (Lipinski definition) is 3. The summed E-state index contributed by atoms with van der Waals surface area (Å²) in [6, 6.07) is 9.16. The van der Waals surface area contributed by atoms with Crippen molar-refractivity contribution < 1.29 is 10.2 Å². The van der Waals surface area contributed by atoms with Crippen LogP contribution in [0.15, 0.2) is 24.3 Å². The first kappa shape index (κ1) is 13.0. The molecule has 0 radical (unpaired) electrons. The largest absolute Gasteiger partial charge is 0.390 e. The zero-order chi connectivity index (χ0) is 12.0. The summed E-state index contributed by atoms with van der Waals surface area (Å²) in [6.45, 7) is 0. The van der Waals surface area contributed by atoms with Gasteiger partial charge in [-0.05, 0) is 23.3 Å². The third kappa shape index (κ3) is 3.24. The summed E-state index contributed by atoms with van der Waals surface area (Å²) in [7, 11) is 0. The number of aliphatic hydroxyl groups is 2. The van der Waals surface area contributed by atoms with Crippen molar-refractivity contribution in [3.05, 3.63) is 35.4 Å². The van der Waals surface area contributed by atoms with E-state index in [1.807, 2.05) is 12.1 Å². The molecule has 3 nitrogen and oxygen atoms in total. The second kappa shape index (κ2) is 6.54. The Kier molecular flexibility index (Phi) is 5.33. The molecule has 2 unspecified atom stereocenters. The summed E-state index contributed by atoms with van der Waals surface area (Å²) in [4.78, 5) is 0. The van der Waals surface area contributed by atoms with Crippen molar-refractivity contribution >= 4 is 12.6 Å². The molecule has 4 heteroatoms. The van der Waals surface area contributed by atoms with Crippen LogP contribution in [0.2, 0.25) is 0 Å². The topological polar surface area (TPSA) is 64.2 Å². The number of nitrogens with zero attached hydrogens (tertiary/aromatic N) is 1. The normalized spacial score (nSPS) is 14.1. The van der Waals surface area contributed by atoms with Gasteiger partial charge in [0.05, 0.1) is 18.6 Å². The standard InChI is InChI=1S/C12H15NO2S/c13-7-5-9-3-1-2-4-10(9)12(15)11(14)6-8-16/h1-4,11-12,14-16H,5-6,8H2. The van der Waals surface area contributed by atoms with Gasteiger partial charge in [-0.1, -0.05) is 24.3 Å². The number of hydrogen-bond acceptors (Lipinski definition) is 4. The lowest BCUT2D eigenvalue weighted by Crippen LogP contribution is -2.19. The molecule has 1 aromatic carbocycles. The summed E-state index contributed by atoms with van der Waals surface area (Å²) in [5, 5.41) is 28.3. The average molecular weight is 237 g/mol. The van der Waals surface area contributed by atoms with E-state index < -0.39 is 12.2 Å². The summed E-state index contributed by atoms with van der Waals surface area (Å²) in [5.74, 6) is 0.513. The van der Waals surface area contributed by atoms with Gasteiger partial charge in [0, 0.05) is 0 Å². The van der Waals surface area contributed by atoms with E-state index in [1.165, 1.54) is 0 Å². The van der Waals surface area contributed by atoms with Crippen LogP contribution in [0.1, 0.15) is 23.7 Å². The van der Waals surface area contributed by atoms with Crippen molar-refractivity contribution in [3.63, 3.8) is 0 Å². The Morgan fingerprint density at radius 2 is 2.00 bits per heavy atom. The number of benzene rings is 1. The summed E-state index contributed by atoms with van der Waals surface area (Å²) >= 11 is 4.01. The van der Waals surface area contributed by atoms with Crippen molar-refractivity contribution in [1.82, 2.24) is 0 Å². The fourth-order valence-electron chi connectivity index (χ4n) is 1.57. The van der Waals surface area contributed by atoms with E-state index >= 15 is 0 Å². The second-order valence-electron chi connectivity index (χ2n) is 3.56. The molecule has 2 atom stereocenters. The van der Waals surface area contributed by atoms with Gasteiger partial charge in [0.1, 0.15) is 6.10 Å². The molecule has 86 valence electrons. The quantitative estimate of drug-likeness (QED) is 0.679. The Bertz CT molecular complexity index is 376. The van der Waals surface area contributed by atoms with E-state index in [2.05, 4.69) is 12.6 Å². The Morgan fingerprint density at radius 3 is 2.62 bits per heavy atom. The predicted octanol–water partition coefficient (Wildman–Crippen LogP) is 1.47. The molecule has 0 aliphatic rings. The minimum absolute atomic E-state index is 0.237. The van der Waals surface area contributed by atoms with Gasteiger partial charge < -0.3 is 10.2 Å². The zero-order valence-corrected chi connectivity index (χ0v) is 9.77. The molecule has 0 bridgehead atoms. The van der Waals surface area contributed by atoms with E-state index in [9.17, 15) is 10.2 Å². The van der Waals surface area contributed by atoms with Crippen LogP contribution in [0, 0.1) is 11.3 Å². The molecule has 0 fully saturated rings. The minimum Gasteiger partial charge on any atom is -0.390 e. The maximum Gasteiger partial charge on any atom is 0.105 e. The van der Waals surface area contributed by atoms with Gasteiger partial charge in [-0.2, -0.15) is 17.9 Å². The van der Waals surface area contributed by atoms with Gasteiger partial charge in [0.2, 0.25) is 0 Å². The maximum atomic E-state index is 9.93. The van der Waals surface area contributed by atoms with Gasteiger partial charge in [-0.15, -0.1) is 0 Å². The third-order valence-corrected chi connectivity index (χ3v) is 2.69. The molecule has 1 rings (SSSR count). The molecule has 0 aromatic heterocycles. The van der Waals surface area contributed by atoms with E-state index in [1.54, 1.807) is 18.2 Å². The number of thiol groups is 1. The van der Waals surface area contributed by atoms with Crippen LogP contribution in [-0.2, 0) is 6.42 Å². The smallest absolute Gasteiger partial charge is 0.105 e. The van der Waals surface area contributed by atoms with Crippen LogP contribution in [0.5, 0.6) is 0 Å². The first-order valence-corrected chi connectivity index (χ1v) is 5.75. The number of aliphatic hydroxyl groups excluding tert-OH is 2. The van der Waals surface area contributed by atoms with Crippen molar-refractivity contribution in [1.29, 1.82) is 5.26 Å². The average Bonchev–Trinajstić information content (AvgIpc) is 2.29. The fraction of sp³-hybridized carbons (Fsp3) is 0.417. The Hall–Kier alpha value is -1.02. The lowest BCUT2D eigenvalue weighted by molar-refractivity contribution is 0.0168. The fourth-order valence-corrected chi connectivity index (χ4v) is 1.83. The summed E-state index contributed by atoms with van der Waals surface area (Å²) in [5.41, 5.74) is 1.38. The first-order chi connectivity index (χ1) is 7.70. The minimum atomic E-state index is -0.948. The summed E-state index contributed by atoms with van der Waals surface area (Å²) < 4.78 is 0. The number of nitriles is 1. The van der Waals surface area contributed by atoms with Gasteiger partial charge in [-0.25, -0.2) is 0 Å². The van der Waals surface area contributed by atoms with Gasteiger partial charge in [0.25, 0.3) is 0 Å². The lowest BCUT2D eigenvalue weighted by atomic mass is 9.96. The molecule has 0 aliphatic heterocycles. The Labute approximate surface area is 101 Å². The lowest BCUT2D eigenvalue weighted by Gasteiger charge is -2.19. The van der Waals surface area contributed by atoms with Crippen molar-refractivity contribution in [2.45, 2.75) is 25.0 Å². The maximum absolute atomic E-state index is 9.93. The third-order valence-electron chi connectivity index (χ3n) is 2.43. The molecule has 2 N–H and O–H groups in total. The first-order valence-electron chi connectivity index (χ1n) is 5.12. The summed E-state index contributed by atoms with van der Waals surface area (Å²) in [6.07, 6.45) is -1.12. The van der Waals surface area contributed by atoms with Gasteiger partial charge in [-0.3, -0.25) is 0 Å². The molecular formula is C12H15NO2S. The Balaban J connectivity index is 2.89. The molecule has 0 saturated carbocycles. The number of rotatable bonds is 5. The van der Waals surface area contributed by atoms with Gasteiger partial charge >= 0.3 is 0 Å². The van der Waals surface area contributed by atoms with E-state index in [0.717, 1.165) is 5.56 Å². The highest BCUT2D eigenvalue weighted by molar-refractivity contribution is 7.80. The Morgan fingerprint density at radius 1 is 1.31 bits per heavy atom. The van der Waals surface area contributed by atoms with Crippen LogP contribution in [0.3, 0.4) is 0 Å². The van der Waals surface area contributed by atoms with Crippen molar-refractivity contribution in [3.8, 4) is 6.07 Å². The predicted molar refractivity (Wildman–Crippen MR) is 65.2 cm³/mol. The van der Waals surface area contributed by atoms with Crippen LogP contribution in [-0.4, -0.2) is 22.1 Å². The van der Waals surface area contributed by atoms with Crippen molar-refractivity contribution in [2.24, 2.45) is 0 Å². The van der Waals surface area contributed by atoms with E-state index in [-0.39, 0.29) is 6.42 Å². The molecule has 0 heterocycles. The highest BCUT2D eigenvalue weighted by Gasteiger charge is 2.19. The van der Waals surface area contributed by atoms with E-state index in [0.29, 0.717) is 17.7 Å². The zero-order valence-electron chi connectivity index (χ0n) is 8.87. The van der Waals surface area contributed by atoms with Crippen molar-refractivity contribution in [2.75, 3.05) is 5.75 Å². The molecule has 0 amide bonds. The molecular weight excluding hydrogens is 222 g/mol. The molecule has 0 saturated heterocycles. The molecule has 0 spiro atoms. The molecule has 1 aromatic rings. The van der Waals surface area contributed by atoms with E-state index in [4.69, 9.17) is 5.26 Å². The second-order valence-corrected chi connectivity index (χ2v) is 4.01. The van der Waals surface area contributed by atoms with Crippen LogP contribution >= 0.6 is 12.6 Å². The monoisotopic (exact) mass is 237 g/mol. The van der Waals surface area contributed by atoms with Crippen LogP contribution in [0.25, 0.3) is 0 Å². The molecule has 0 aliphatic carbocycles.